The molecule has 1 aromatic rings. The number of nitrogens with one attached hydrogen (secondary N) is 1. The number of hydrogen-bond acceptors (Lipinski definition) is 4. The van der Waals surface area contributed by atoms with Crippen molar-refractivity contribution >= 4 is 11.9 Å². The summed E-state index contributed by atoms with van der Waals surface area (Å²) in [5.74, 6) is -1.69. The number of carbonyl (C=O) groups is 2. The summed E-state index contributed by atoms with van der Waals surface area (Å²) >= 11 is 0. The Morgan fingerprint density at radius 3 is 2.33 bits per heavy atom. The Morgan fingerprint density at radius 1 is 1.28 bits per heavy atom. The van der Waals surface area contributed by atoms with Crippen molar-refractivity contribution in [2.75, 3.05) is 6.54 Å². The smallest absolute Gasteiger partial charge is 0.337 e. The van der Waals surface area contributed by atoms with Crippen LogP contribution in [0.1, 0.15) is 12.5 Å². The number of carboxylic acids is 1. The highest BCUT2D eigenvalue weighted by molar-refractivity contribution is 5.81. The van der Waals surface area contributed by atoms with Gasteiger partial charge in [0.1, 0.15) is 5.75 Å². The summed E-state index contributed by atoms with van der Waals surface area (Å²) in [7, 11) is 0. The second kappa shape index (κ2) is 5.50. The van der Waals surface area contributed by atoms with Gasteiger partial charge in [-0.2, -0.15) is 0 Å². The molecule has 1 unspecified atom stereocenters. The third-order valence-corrected chi connectivity index (χ3v) is 2.39. The molecule has 18 heavy (non-hydrogen) atoms. The van der Waals surface area contributed by atoms with Crippen molar-refractivity contribution in [2.45, 2.75) is 18.9 Å². The van der Waals surface area contributed by atoms with E-state index in [-0.39, 0.29) is 18.7 Å². The quantitative estimate of drug-likeness (QED) is 0.585. The highest BCUT2D eigenvalue weighted by Gasteiger charge is 2.30. The lowest BCUT2D eigenvalue weighted by atomic mass is 10.1. The van der Waals surface area contributed by atoms with Crippen LogP contribution in [0.25, 0.3) is 0 Å². The SMILES string of the molecule is CC(O)(CNC(=O)Cc1ccc(O)cc1)C(=O)O. The number of aromatic hydroxyl groups is 1. The molecule has 1 aromatic carbocycles. The normalized spacial score (nSPS) is 13.7. The van der Waals surface area contributed by atoms with Crippen LogP contribution in [0.4, 0.5) is 0 Å². The van der Waals surface area contributed by atoms with E-state index < -0.39 is 17.5 Å². The molecule has 0 aliphatic rings. The van der Waals surface area contributed by atoms with E-state index >= 15 is 0 Å². The van der Waals surface area contributed by atoms with Gasteiger partial charge in [0.05, 0.1) is 13.0 Å². The van der Waals surface area contributed by atoms with Gasteiger partial charge >= 0.3 is 5.97 Å². The van der Waals surface area contributed by atoms with E-state index in [4.69, 9.17) is 10.2 Å². The minimum atomic E-state index is -1.98. The minimum Gasteiger partial charge on any atom is -0.508 e. The zero-order valence-electron chi connectivity index (χ0n) is 9.88. The molecular weight excluding hydrogens is 238 g/mol. The number of hydrogen-bond donors (Lipinski definition) is 4. The first-order valence-corrected chi connectivity index (χ1v) is 5.31. The first kappa shape index (κ1) is 14.0. The summed E-state index contributed by atoms with van der Waals surface area (Å²) in [5.41, 5.74) is -1.30. The number of carbonyl (C=O) groups excluding carboxylic acids is 1. The predicted octanol–water partition coefficient (Wildman–Crippen LogP) is -0.114. The fourth-order valence-electron chi connectivity index (χ4n) is 1.21. The van der Waals surface area contributed by atoms with Crippen LogP contribution in [0.5, 0.6) is 5.75 Å². The van der Waals surface area contributed by atoms with Gasteiger partial charge in [-0.1, -0.05) is 12.1 Å². The molecule has 0 spiro atoms. The van der Waals surface area contributed by atoms with Crippen molar-refractivity contribution in [1.82, 2.24) is 5.32 Å². The van der Waals surface area contributed by atoms with Gasteiger partial charge in [0.2, 0.25) is 5.91 Å². The Labute approximate surface area is 104 Å². The number of aliphatic carboxylic acids is 1. The molecule has 6 heteroatoms. The van der Waals surface area contributed by atoms with Crippen molar-refractivity contribution in [3.8, 4) is 5.75 Å². The molecule has 0 aromatic heterocycles. The number of rotatable bonds is 5. The van der Waals surface area contributed by atoms with E-state index in [2.05, 4.69) is 5.32 Å². The molecular formula is C12H15NO5. The van der Waals surface area contributed by atoms with E-state index in [0.717, 1.165) is 6.92 Å². The molecule has 6 nitrogen and oxygen atoms in total. The van der Waals surface area contributed by atoms with Crippen LogP contribution in [0.2, 0.25) is 0 Å². The van der Waals surface area contributed by atoms with E-state index in [1.165, 1.54) is 12.1 Å². The minimum absolute atomic E-state index is 0.0516. The van der Waals surface area contributed by atoms with Gasteiger partial charge in [-0.15, -0.1) is 0 Å². The van der Waals surface area contributed by atoms with E-state index in [1.807, 2.05) is 0 Å². The topological polar surface area (TPSA) is 107 Å². The lowest BCUT2D eigenvalue weighted by Gasteiger charge is -2.18. The van der Waals surface area contributed by atoms with Crippen LogP contribution >= 0.6 is 0 Å². The molecule has 0 saturated carbocycles. The van der Waals surface area contributed by atoms with Gasteiger partial charge in [-0.3, -0.25) is 4.79 Å². The van der Waals surface area contributed by atoms with Crippen LogP contribution in [0.15, 0.2) is 24.3 Å². The maximum atomic E-state index is 11.5. The second-order valence-corrected chi connectivity index (χ2v) is 4.20. The van der Waals surface area contributed by atoms with Gasteiger partial charge in [-0.05, 0) is 24.6 Å². The Morgan fingerprint density at radius 2 is 1.83 bits per heavy atom. The van der Waals surface area contributed by atoms with Crippen molar-refractivity contribution < 1.29 is 24.9 Å². The molecule has 4 N–H and O–H groups in total. The van der Waals surface area contributed by atoms with Crippen LogP contribution in [0.3, 0.4) is 0 Å². The number of carboxylic acid groups (broad SMARTS) is 1. The Balaban J connectivity index is 2.48. The number of phenolic OH excluding ortho intramolecular Hbond substituents is 1. The third-order valence-electron chi connectivity index (χ3n) is 2.39. The zero-order valence-corrected chi connectivity index (χ0v) is 9.88. The summed E-state index contributed by atoms with van der Waals surface area (Å²) in [5, 5.41) is 29.4. The van der Waals surface area contributed by atoms with Crippen molar-refractivity contribution in [2.24, 2.45) is 0 Å². The van der Waals surface area contributed by atoms with Gasteiger partial charge in [0, 0.05) is 0 Å². The summed E-state index contributed by atoms with van der Waals surface area (Å²) in [6.45, 7) is 0.745. The highest BCUT2D eigenvalue weighted by atomic mass is 16.4. The first-order chi connectivity index (χ1) is 8.31. The Hall–Kier alpha value is -2.08. The maximum absolute atomic E-state index is 11.5. The second-order valence-electron chi connectivity index (χ2n) is 4.20. The van der Waals surface area contributed by atoms with Gasteiger partial charge in [-0.25, -0.2) is 4.79 Å². The molecule has 1 rings (SSSR count). The first-order valence-electron chi connectivity index (χ1n) is 5.31. The lowest BCUT2D eigenvalue weighted by Crippen LogP contribution is -2.46. The molecule has 1 atom stereocenters. The van der Waals surface area contributed by atoms with Gasteiger partial charge in [0.15, 0.2) is 5.60 Å². The van der Waals surface area contributed by atoms with E-state index in [1.54, 1.807) is 12.1 Å². The Bertz CT molecular complexity index is 438. The van der Waals surface area contributed by atoms with Gasteiger partial charge in [0.25, 0.3) is 0 Å². The molecule has 0 aliphatic carbocycles. The molecule has 1 amide bonds. The number of benzene rings is 1. The van der Waals surface area contributed by atoms with Crippen LogP contribution in [-0.2, 0) is 16.0 Å². The fourth-order valence-corrected chi connectivity index (χ4v) is 1.21. The molecule has 0 aliphatic heterocycles. The fraction of sp³-hybridized carbons (Fsp3) is 0.333. The largest absolute Gasteiger partial charge is 0.508 e. The Kier molecular flexibility index (Phi) is 4.28. The van der Waals surface area contributed by atoms with Crippen LogP contribution in [-0.4, -0.2) is 39.3 Å². The molecule has 0 heterocycles. The molecule has 0 radical (unpaired) electrons. The summed E-state index contributed by atoms with van der Waals surface area (Å²) < 4.78 is 0. The summed E-state index contributed by atoms with van der Waals surface area (Å²) in [6.07, 6.45) is 0.0516. The highest BCUT2D eigenvalue weighted by Crippen LogP contribution is 2.10. The van der Waals surface area contributed by atoms with Crippen molar-refractivity contribution in [3.63, 3.8) is 0 Å². The van der Waals surface area contributed by atoms with E-state index in [0.29, 0.717) is 5.56 Å². The summed E-state index contributed by atoms with van der Waals surface area (Å²) in [4.78, 5) is 22.1. The molecule has 0 saturated heterocycles. The number of phenols is 1. The summed E-state index contributed by atoms with van der Waals surface area (Å²) in [6, 6.07) is 6.08. The maximum Gasteiger partial charge on any atom is 0.337 e. The molecule has 98 valence electrons. The monoisotopic (exact) mass is 253 g/mol. The van der Waals surface area contributed by atoms with Gasteiger partial charge < -0.3 is 20.6 Å². The van der Waals surface area contributed by atoms with Crippen LogP contribution in [0, 0.1) is 0 Å². The number of aliphatic hydroxyl groups is 1. The predicted molar refractivity (Wildman–Crippen MR) is 63.1 cm³/mol. The van der Waals surface area contributed by atoms with Crippen molar-refractivity contribution in [3.05, 3.63) is 29.8 Å². The van der Waals surface area contributed by atoms with E-state index in [9.17, 15) is 14.7 Å². The number of amides is 1. The standard InChI is InChI=1S/C12H15NO5/c1-12(18,11(16)17)7-13-10(15)6-8-2-4-9(14)5-3-8/h2-5,14,18H,6-7H2,1H3,(H,13,15)(H,16,17). The average Bonchev–Trinajstić information content (AvgIpc) is 2.29. The lowest BCUT2D eigenvalue weighted by molar-refractivity contribution is -0.156. The third kappa shape index (κ3) is 4.06. The average molecular weight is 253 g/mol. The van der Waals surface area contributed by atoms with Crippen LogP contribution < -0.4 is 5.32 Å². The molecule has 0 fully saturated rings. The van der Waals surface area contributed by atoms with Crippen molar-refractivity contribution in [1.29, 1.82) is 0 Å². The molecule has 0 bridgehead atoms. The zero-order chi connectivity index (χ0) is 13.8.